The monoisotopic (exact) mass is 376 g/mol. The molecule has 1 heterocycles. The number of hydrogen-bond donors (Lipinski definition) is 0. The standard InChI is InChI=1S/C18H19NO4S2/c1-4-9-23-13-8-6-5-7-12(13)10-14-16(20)19(18(24)25-14)15(11(2)3)17(21)22/h4-8,10-11,15H,1,9H2,2-3H3,(H,21,22)/p-1/b14-10-/t15-/m1/s1. The number of carbonyl (C=O) groups is 2. The van der Waals surface area contributed by atoms with Crippen molar-refractivity contribution in [3.8, 4) is 5.75 Å². The molecule has 0 spiro atoms. The first-order valence-corrected chi connectivity index (χ1v) is 8.90. The second-order valence-corrected chi connectivity index (χ2v) is 7.37. The number of hydrogen-bond acceptors (Lipinski definition) is 6. The van der Waals surface area contributed by atoms with Crippen LogP contribution in [0.5, 0.6) is 5.75 Å². The number of para-hydroxylation sites is 1. The van der Waals surface area contributed by atoms with Gasteiger partial charge in [0.15, 0.2) is 0 Å². The van der Waals surface area contributed by atoms with Crippen LogP contribution in [0.1, 0.15) is 19.4 Å². The van der Waals surface area contributed by atoms with Gasteiger partial charge in [-0.15, -0.1) is 0 Å². The lowest BCUT2D eigenvalue weighted by atomic mass is 10.0. The van der Waals surface area contributed by atoms with Crippen LogP contribution in [-0.2, 0) is 9.59 Å². The van der Waals surface area contributed by atoms with Gasteiger partial charge in [-0.2, -0.15) is 0 Å². The van der Waals surface area contributed by atoms with Crippen LogP contribution >= 0.6 is 24.0 Å². The molecular weight excluding hydrogens is 358 g/mol. The van der Waals surface area contributed by atoms with Crippen LogP contribution in [0, 0.1) is 5.92 Å². The Kier molecular flexibility index (Phi) is 6.39. The number of nitrogens with zero attached hydrogens (tertiary/aromatic N) is 1. The number of thioether (sulfide) groups is 1. The van der Waals surface area contributed by atoms with E-state index in [9.17, 15) is 14.7 Å². The molecule has 0 N–H and O–H groups in total. The summed E-state index contributed by atoms with van der Waals surface area (Å²) < 4.78 is 5.79. The van der Waals surface area contributed by atoms with Gasteiger partial charge in [-0.3, -0.25) is 9.69 Å². The van der Waals surface area contributed by atoms with E-state index in [4.69, 9.17) is 17.0 Å². The van der Waals surface area contributed by atoms with E-state index in [1.54, 1.807) is 32.1 Å². The summed E-state index contributed by atoms with van der Waals surface area (Å²) in [7, 11) is 0. The largest absolute Gasteiger partial charge is 0.548 e. The van der Waals surface area contributed by atoms with E-state index in [2.05, 4.69) is 6.58 Å². The van der Waals surface area contributed by atoms with Crippen LogP contribution in [0.2, 0.25) is 0 Å². The number of carboxylic acid groups (broad SMARTS) is 1. The summed E-state index contributed by atoms with van der Waals surface area (Å²) in [6.07, 6.45) is 3.29. The zero-order chi connectivity index (χ0) is 18.6. The van der Waals surface area contributed by atoms with Crippen LogP contribution in [-0.4, -0.2) is 33.7 Å². The van der Waals surface area contributed by atoms with Crippen molar-refractivity contribution in [2.75, 3.05) is 6.61 Å². The second-order valence-electron chi connectivity index (χ2n) is 5.70. The number of benzene rings is 1. The van der Waals surface area contributed by atoms with Gasteiger partial charge in [0.05, 0.1) is 16.9 Å². The third-order valence-electron chi connectivity index (χ3n) is 3.54. The number of amides is 1. The van der Waals surface area contributed by atoms with E-state index < -0.39 is 17.9 Å². The van der Waals surface area contributed by atoms with E-state index >= 15 is 0 Å². The van der Waals surface area contributed by atoms with E-state index in [1.807, 2.05) is 18.2 Å². The second kappa shape index (κ2) is 8.31. The minimum absolute atomic E-state index is 0.212. The summed E-state index contributed by atoms with van der Waals surface area (Å²) in [5.41, 5.74) is 0.708. The SMILES string of the molecule is C=CCOc1ccccc1/C=C1\SC(=S)N([C@@H](C(=O)[O-])C(C)C)C1=O. The Morgan fingerprint density at radius 2 is 2.12 bits per heavy atom. The normalized spacial score (nSPS) is 17.2. The summed E-state index contributed by atoms with van der Waals surface area (Å²) >= 11 is 6.29. The first-order valence-electron chi connectivity index (χ1n) is 7.67. The molecule has 0 aliphatic carbocycles. The lowest BCUT2D eigenvalue weighted by Crippen LogP contribution is -2.52. The van der Waals surface area contributed by atoms with E-state index in [1.165, 1.54) is 0 Å². The van der Waals surface area contributed by atoms with Gasteiger partial charge in [0.25, 0.3) is 5.91 Å². The molecule has 1 aromatic carbocycles. The number of carbonyl (C=O) groups excluding carboxylic acids is 2. The summed E-state index contributed by atoms with van der Waals surface area (Å²) in [5, 5.41) is 11.4. The van der Waals surface area contributed by atoms with Gasteiger partial charge in [-0.25, -0.2) is 0 Å². The van der Waals surface area contributed by atoms with Crippen LogP contribution < -0.4 is 9.84 Å². The Balaban J connectivity index is 2.35. The van der Waals surface area contributed by atoms with E-state index in [0.29, 0.717) is 22.8 Å². The summed E-state index contributed by atoms with van der Waals surface area (Å²) in [5.74, 6) is -1.47. The predicted octanol–water partition coefficient (Wildman–Crippen LogP) is 2.23. The van der Waals surface area contributed by atoms with Crippen molar-refractivity contribution < 1.29 is 19.4 Å². The topological polar surface area (TPSA) is 69.7 Å². The maximum Gasteiger partial charge on any atom is 0.266 e. The molecule has 0 saturated carbocycles. The summed E-state index contributed by atoms with van der Waals surface area (Å²) in [6.45, 7) is 7.37. The maximum atomic E-state index is 12.7. The van der Waals surface area contributed by atoms with Crippen molar-refractivity contribution in [3.63, 3.8) is 0 Å². The summed E-state index contributed by atoms with van der Waals surface area (Å²) in [4.78, 5) is 25.6. The van der Waals surface area contributed by atoms with Crippen molar-refractivity contribution >= 4 is 46.3 Å². The molecule has 5 nitrogen and oxygen atoms in total. The summed E-state index contributed by atoms with van der Waals surface area (Å²) in [6, 6.07) is 6.15. The van der Waals surface area contributed by atoms with Gasteiger partial charge >= 0.3 is 0 Å². The van der Waals surface area contributed by atoms with Crippen molar-refractivity contribution in [1.82, 2.24) is 4.90 Å². The Morgan fingerprint density at radius 3 is 2.72 bits per heavy atom. The average Bonchev–Trinajstić information content (AvgIpc) is 2.81. The fraction of sp³-hybridized carbons (Fsp3) is 0.278. The van der Waals surface area contributed by atoms with Gasteiger partial charge < -0.3 is 14.6 Å². The number of aliphatic carboxylic acids is 1. The molecule has 0 unspecified atom stereocenters. The lowest BCUT2D eigenvalue weighted by Gasteiger charge is -2.30. The number of rotatable bonds is 7. The van der Waals surface area contributed by atoms with Gasteiger partial charge in [0.1, 0.15) is 16.7 Å². The first-order chi connectivity index (χ1) is 11.9. The molecule has 0 aromatic heterocycles. The molecule has 2 rings (SSSR count). The average molecular weight is 376 g/mol. The fourth-order valence-corrected chi connectivity index (χ4v) is 3.74. The van der Waals surface area contributed by atoms with Gasteiger partial charge in [-0.05, 0) is 18.1 Å². The van der Waals surface area contributed by atoms with Crippen molar-refractivity contribution in [2.45, 2.75) is 19.9 Å². The molecule has 25 heavy (non-hydrogen) atoms. The van der Waals surface area contributed by atoms with Gasteiger partial charge in [0.2, 0.25) is 0 Å². The molecule has 1 atom stereocenters. The highest BCUT2D eigenvalue weighted by atomic mass is 32.2. The Bertz CT molecular complexity index is 742. The number of ether oxygens (including phenoxy) is 1. The molecule has 1 amide bonds. The maximum absolute atomic E-state index is 12.7. The highest BCUT2D eigenvalue weighted by molar-refractivity contribution is 8.26. The quantitative estimate of drug-likeness (QED) is 0.413. The Morgan fingerprint density at radius 1 is 1.44 bits per heavy atom. The zero-order valence-electron chi connectivity index (χ0n) is 13.9. The highest BCUT2D eigenvalue weighted by Crippen LogP contribution is 2.36. The Hall–Kier alpha value is -2.12. The van der Waals surface area contributed by atoms with Crippen LogP contribution in [0.4, 0.5) is 0 Å². The predicted molar refractivity (Wildman–Crippen MR) is 101 cm³/mol. The third kappa shape index (κ3) is 4.29. The molecule has 1 aliphatic rings. The van der Waals surface area contributed by atoms with Crippen molar-refractivity contribution in [2.24, 2.45) is 5.92 Å². The third-order valence-corrected chi connectivity index (χ3v) is 4.87. The van der Waals surface area contributed by atoms with Gasteiger partial charge in [-0.1, -0.05) is 68.7 Å². The highest BCUT2D eigenvalue weighted by Gasteiger charge is 2.39. The van der Waals surface area contributed by atoms with Crippen molar-refractivity contribution in [1.29, 1.82) is 0 Å². The smallest absolute Gasteiger partial charge is 0.266 e. The molecule has 1 fully saturated rings. The molecule has 132 valence electrons. The molecule has 0 bridgehead atoms. The molecule has 1 saturated heterocycles. The molecule has 0 radical (unpaired) electrons. The van der Waals surface area contributed by atoms with E-state index in [-0.39, 0.29) is 10.2 Å². The minimum atomic E-state index is -1.32. The number of carboxylic acids is 1. The Labute approximate surface area is 156 Å². The molecule has 1 aliphatic heterocycles. The van der Waals surface area contributed by atoms with Gasteiger partial charge in [0, 0.05) is 5.56 Å². The number of thiocarbonyl (C=S) groups is 1. The molecular formula is C18H18NO4S2-. The van der Waals surface area contributed by atoms with Crippen LogP contribution in [0.15, 0.2) is 41.8 Å². The molecule has 1 aromatic rings. The van der Waals surface area contributed by atoms with Crippen molar-refractivity contribution in [3.05, 3.63) is 47.4 Å². The lowest BCUT2D eigenvalue weighted by molar-refractivity contribution is -0.311. The van der Waals surface area contributed by atoms with Crippen LogP contribution in [0.25, 0.3) is 6.08 Å². The van der Waals surface area contributed by atoms with E-state index in [0.717, 1.165) is 16.7 Å². The fourth-order valence-electron chi connectivity index (χ4n) is 2.42. The zero-order valence-corrected chi connectivity index (χ0v) is 15.6. The minimum Gasteiger partial charge on any atom is -0.548 e. The molecule has 7 heteroatoms. The van der Waals surface area contributed by atoms with Crippen LogP contribution in [0.3, 0.4) is 0 Å². The first kappa shape index (κ1) is 19.2.